The molecule has 4 nitrogen and oxygen atoms in total. The number of rotatable bonds is 6. The van der Waals surface area contributed by atoms with E-state index in [1.807, 2.05) is 13.8 Å². The normalized spacial score (nSPS) is 16.8. The molecule has 19 heavy (non-hydrogen) atoms. The molecule has 2 N–H and O–H groups in total. The van der Waals surface area contributed by atoms with Crippen LogP contribution in [0.25, 0.3) is 0 Å². The third-order valence-corrected chi connectivity index (χ3v) is 4.37. The molecule has 0 spiro atoms. The van der Waals surface area contributed by atoms with Gasteiger partial charge in [-0.3, -0.25) is 9.59 Å². The summed E-state index contributed by atoms with van der Waals surface area (Å²) in [4.78, 5) is 23.2. The second-order valence-electron chi connectivity index (χ2n) is 7.13. The molecule has 0 aromatic rings. The molecule has 2 unspecified atom stereocenters. The molecule has 0 aliphatic heterocycles. The molecule has 4 heteroatoms. The maximum absolute atomic E-state index is 11.9. The summed E-state index contributed by atoms with van der Waals surface area (Å²) in [6.07, 6.45) is 0.0247. The maximum atomic E-state index is 11.9. The smallest absolute Gasteiger partial charge is 0.310 e. The van der Waals surface area contributed by atoms with Crippen molar-refractivity contribution in [2.24, 2.45) is 22.7 Å². The standard InChI is InChI=1S/C15H29NO3/c1-10(2)15(7,13(18)19)8-12(17)16-9-11(3)14(4,5)6/h10-11H,8-9H2,1-7H3,(H,16,17)(H,18,19). The fourth-order valence-corrected chi connectivity index (χ4v) is 1.50. The molecule has 0 radical (unpaired) electrons. The lowest BCUT2D eigenvalue weighted by atomic mass is 9.76. The van der Waals surface area contributed by atoms with E-state index in [0.717, 1.165) is 0 Å². The Morgan fingerprint density at radius 2 is 1.58 bits per heavy atom. The molecule has 0 aromatic heterocycles. The van der Waals surface area contributed by atoms with Crippen molar-refractivity contribution in [2.45, 2.75) is 54.9 Å². The predicted octanol–water partition coefficient (Wildman–Crippen LogP) is 2.92. The Morgan fingerprint density at radius 3 is 1.89 bits per heavy atom. The lowest BCUT2D eigenvalue weighted by molar-refractivity contribution is -0.153. The van der Waals surface area contributed by atoms with Gasteiger partial charge in [0.1, 0.15) is 0 Å². The van der Waals surface area contributed by atoms with E-state index in [1.165, 1.54) is 0 Å². The second-order valence-corrected chi connectivity index (χ2v) is 7.13. The van der Waals surface area contributed by atoms with Gasteiger partial charge in [0.15, 0.2) is 0 Å². The maximum Gasteiger partial charge on any atom is 0.310 e. The molecule has 0 aromatic carbocycles. The van der Waals surface area contributed by atoms with Crippen molar-refractivity contribution in [3.05, 3.63) is 0 Å². The van der Waals surface area contributed by atoms with Gasteiger partial charge < -0.3 is 10.4 Å². The lowest BCUT2D eigenvalue weighted by Crippen LogP contribution is -2.41. The largest absolute Gasteiger partial charge is 0.481 e. The number of aliphatic carboxylic acids is 1. The number of carboxylic acids is 1. The molecule has 0 bridgehead atoms. The second kappa shape index (κ2) is 6.40. The van der Waals surface area contributed by atoms with E-state index in [-0.39, 0.29) is 23.7 Å². The van der Waals surface area contributed by atoms with Crippen molar-refractivity contribution in [1.82, 2.24) is 5.32 Å². The number of carbonyl (C=O) groups is 2. The first-order chi connectivity index (χ1) is 8.41. The number of carbonyl (C=O) groups excluding carboxylic acids is 1. The molecular formula is C15H29NO3. The van der Waals surface area contributed by atoms with Crippen LogP contribution in [0.1, 0.15) is 54.9 Å². The fraction of sp³-hybridized carbons (Fsp3) is 0.867. The number of hydrogen-bond acceptors (Lipinski definition) is 2. The summed E-state index contributed by atoms with van der Waals surface area (Å²) in [7, 11) is 0. The molecule has 0 aliphatic rings. The summed E-state index contributed by atoms with van der Waals surface area (Å²) in [5.41, 5.74) is -0.878. The summed E-state index contributed by atoms with van der Waals surface area (Å²) in [5, 5.41) is 12.1. The number of amides is 1. The highest BCUT2D eigenvalue weighted by Gasteiger charge is 2.38. The Morgan fingerprint density at radius 1 is 1.11 bits per heavy atom. The molecule has 0 fully saturated rings. The van der Waals surface area contributed by atoms with Crippen molar-refractivity contribution in [2.75, 3.05) is 6.54 Å². The van der Waals surface area contributed by atoms with Crippen LogP contribution in [0.5, 0.6) is 0 Å². The Bertz CT molecular complexity index is 331. The van der Waals surface area contributed by atoms with Crippen LogP contribution in [-0.4, -0.2) is 23.5 Å². The van der Waals surface area contributed by atoms with Gasteiger partial charge in [0, 0.05) is 13.0 Å². The molecule has 0 heterocycles. The van der Waals surface area contributed by atoms with Crippen molar-refractivity contribution in [1.29, 1.82) is 0 Å². The highest BCUT2D eigenvalue weighted by atomic mass is 16.4. The highest BCUT2D eigenvalue weighted by molar-refractivity contribution is 5.84. The van der Waals surface area contributed by atoms with Crippen LogP contribution in [0.2, 0.25) is 0 Å². The van der Waals surface area contributed by atoms with Gasteiger partial charge in [-0.25, -0.2) is 0 Å². The van der Waals surface area contributed by atoms with Crippen LogP contribution in [-0.2, 0) is 9.59 Å². The van der Waals surface area contributed by atoms with Gasteiger partial charge in [0.2, 0.25) is 5.91 Å². The van der Waals surface area contributed by atoms with E-state index in [2.05, 4.69) is 33.0 Å². The lowest BCUT2D eigenvalue weighted by Gasteiger charge is -2.30. The van der Waals surface area contributed by atoms with Gasteiger partial charge in [-0.1, -0.05) is 41.5 Å². The van der Waals surface area contributed by atoms with Gasteiger partial charge in [-0.05, 0) is 24.2 Å². The SMILES string of the molecule is CC(CNC(=O)CC(C)(C(=O)O)C(C)C)C(C)(C)C. The summed E-state index contributed by atoms with van der Waals surface area (Å²) in [6.45, 7) is 14.3. The minimum atomic E-state index is -1.00. The van der Waals surface area contributed by atoms with E-state index in [9.17, 15) is 14.7 Å². The van der Waals surface area contributed by atoms with E-state index < -0.39 is 11.4 Å². The minimum absolute atomic E-state index is 0.0247. The van der Waals surface area contributed by atoms with E-state index in [4.69, 9.17) is 0 Å². The fourth-order valence-electron chi connectivity index (χ4n) is 1.50. The summed E-state index contributed by atoms with van der Waals surface area (Å²) < 4.78 is 0. The van der Waals surface area contributed by atoms with Crippen LogP contribution in [0.15, 0.2) is 0 Å². The Kier molecular flexibility index (Phi) is 6.04. The summed E-state index contributed by atoms with van der Waals surface area (Å²) in [5.74, 6) is -0.849. The first kappa shape index (κ1) is 17.9. The number of nitrogens with one attached hydrogen (secondary N) is 1. The number of hydrogen-bond donors (Lipinski definition) is 2. The molecule has 2 atom stereocenters. The molecule has 0 saturated heterocycles. The minimum Gasteiger partial charge on any atom is -0.481 e. The summed E-state index contributed by atoms with van der Waals surface area (Å²) in [6, 6.07) is 0. The predicted molar refractivity (Wildman–Crippen MR) is 76.8 cm³/mol. The van der Waals surface area contributed by atoms with Crippen LogP contribution in [0.3, 0.4) is 0 Å². The van der Waals surface area contributed by atoms with Crippen LogP contribution in [0, 0.1) is 22.7 Å². The third-order valence-electron chi connectivity index (χ3n) is 4.37. The van der Waals surface area contributed by atoms with Gasteiger partial charge in [-0.2, -0.15) is 0 Å². The average molecular weight is 271 g/mol. The Balaban J connectivity index is 4.51. The monoisotopic (exact) mass is 271 g/mol. The van der Waals surface area contributed by atoms with Gasteiger partial charge in [-0.15, -0.1) is 0 Å². The third kappa shape index (κ3) is 5.21. The molecular weight excluding hydrogens is 242 g/mol. The van der Waals surface area contributed by atoms with Crippen LogP contribution < -0.4 is 5.32 Å². The van der Waals surface area contributed by atoms with E-state index >= 15 is 0 Å². The Hall–Kier alpha value is -1.06. The van der Waals surface area contributed by atoms with Crippen molar-refractivity contribution in [3.63, 3.8) is 0 Å². The quantitative estimate of drug-likeness (QED) is 0.780. The topological polar surface area (TPSA) is 66.4 Å². The van der Waals surface area contributed by atoms with Crippen molar-refractivity contribution >= 4 is 11.9 Å². The first-order valence-corrected chi connectivity index (χ1v) is 6.91. The van der Waals surface area contributed by atoms with Gasteiger partial charge >= 0.3 is 5.97 Å². The molecule has 0 rings (SSSR count). The zero-order valence-corrected chi connectivity index (χ0v) is 13.3. The molecule has 1 amide bonds. The first-order valence-electron chi connectivity index (χ1n) is 6.91. The van der Waals surface area contributed by atoms with Gasteiger partial charge in [0.05, 0.1) is 5.41 Å². The molecule has 112 valence electrons. The van der Waals surface area contributed by atoms with E-state index in [0.29, 0.717) is 12.5 Å². The number of carboxylic acid groups (broad SMARTS) is 1. The van der Waals surface area contributed by atoms with Gasteiger partial charge in [0.25, 0.3) is 0 Å². The van der Waals surface area contributed by atoms with Crippen molar-refractivity contribution in [3.8, 4) is 0 Å². The van der Waals surface area contributed by atoms with E-state index in [1.54, 1.807) is 6.92 Å². The average Bonchev–Trinajstić information content (AvgIpc) is 2.23. The van der Waals surface area contributed by atoms with Crippen molar-refractivity contribution < 1.29 is 14.7 Å². The highest BCUT2D eigenvalue weighted by Crippen LogP contribution is 2.31. The Labute approximate surface area is 117 Å². The molecule has 0 saturated carbocycles. The zero-order valence-electron chi connectivity index (χ0n) is 13.3. The van der Waals surface area contributed by atoms with Crippen LogP contribution in [0.4, 0.5) is 0 Å². The zero-order chi connectivity index (χ0) is 15.4. The summed E-state index contributed by atoms with van der Waals surface area (Å²) >= 11 is 0. The molecule has 0 aliphatic carbocycles. The van der Waals surface area contributed by atoms with Crippen LogP contribution >= 0.6 is 0 Å².